The van der Waals surface area contributed by atoms with Crippen LogP contribution in [0.1, 0.15) is 53.6 Å². The Hall–Kier alpha value is -1.85. The lowest BCUT2D eigenvalue weighted by Crippen LogP contribution is -2.32. The van der Waals surface area contributed by atoms with E-state index < -0.39 is 0 Å². The number of carbonyl (C=O) groups excluding carboxylic acids is 1. The molecule has 5 nitrogen and oxygen atoms in total. The number of amides is 1. The number of nitrogens with zero attached hydrogens (tertiary/aromatic N) is 1. The molecule has 0 saturated heterocycles. The largest absolute Gasteiger partial charge is 0.344 e. The monoisotopic (exact) mass is 348 g/mol. The van der Waals surface area contributed by atoms with Crippen LogP contribution in [0.25, 0.3) is 0 Å². The molecule has 1 aromatic carbocycles. The Labute approximate surface area is 149 Å². The maximum atomic E-state index is 12.7. The summed E-state index contributed by atoms with van der Waals surface area (Å²) >= 11 is 0. The van der Waals surface area contributed by atoms with E-state index in [-0.39, 0.29) is 24.4 Å². The molecule has 0 aliphatic carbocycles. The van der Waals surface area contributed by atoms with Gasteiger partial charge in [0.1, 0.15) is 0 Å². The van der Waals surface area contributed by atoms with Gasteiger partial charge in [-0.3, -0.25) is 9.89 Å². The Morgan fingerprint density at radius 3 is 2.75 bits per heavy atom. The van der Waals surface area contributed by atoms with Crippen molar-refractivity contribution < 1.29 is 4.79 Å². The SMILES string of the molecule is CC(C)CC(NC(=O)c1n[nH]c2c1CNCC2)c1ccccc1.Cl. The molecule has 130 valence electrons. The molecule has 1 unspecified atom stereocenters. The number of benzene rings is 1. The minimum atomic E-state index is -0.0966. The minimum absolute atomic E-state index is 0. The van der Waals surface area contributed by atoms with Gasteiger partial charge in [-0.25, -0.2) is 0 Å². The molecule has 3 N–H and O–H groups in total. The molecule has 1 aliphatic rings. The summed E-state index contributed by atoms with van der Waals surface area (Å²) in [6.07, 6.45) is 1.80. The predicted molar refractivity (Wildman–Crippen MR) is 97.4 cm³/mol. The summed E-state index contributed by atoms with van der Waals surface area (Å²) in [5.74, 6) is 0.399. The van der Waals surface area contributed by atoms with Crippen LogP contribution in [-0.4, -0.2) is 22.6 Å². The number of carbonyl (C=O) groups is 1. The number of fused-ring (bicyclic) bond motifs is 1. The van der Waals surface area contributed by atoms with E-state index in [4.69, 9.17) is 0 Å². The first-order valence-corrected chi connectivity index (χ1v) is 8.27. The van der Waals surface area contributed by atoms with Crippen molar-refractivity contribution in [3.8, 4) is 0 Å². The van der Waals surface area contributed by atoms with Crippen molar-refractivity contribution in [3.63, 3.8) is 0 Å². The fraction of sp³-hybridized carbons (Fsp3) is 0.444. The molecule has 1 atom stereocenters. The number of hydrogen-bond donors (Lipinski definition) is 3. The highest BCUT2D eigenvalue weighted by molar-refractivity contribution is 5.94. The molecule has 24 heavy (non-hydrogen) atoms. The summed E-state index contributed by atoms with van der Waals surface area (Å²) in [6, 6.07) is 10.1. The van der Waals surface area contributed by atoms with Crippen LogP contribution in [0.4, 0.5) is 0 Å². The van der Waals surface area contributed by atoms with Crippen LogP contribution < -0.4 is 10.6 Å². The van der Waals surface area contributed by atoms with Gasteiger partial charge in [-0.2, -0.15) is 5.10 Å². The topological polar surface area (TPSA) is 69.8 Å². The molecule has 0 radical (unpaired) electrons. The van der Waals surface area contributed by atoms with Gasteiger partial charge in [-0.15, -0.1) is 12.4 Å². The lowest BCUT2D eigenvalue weighted by Gasteiger charge is -2.21. The summed E-state index contributed by atoms with van der Waals surface area (Å²) in [6.45, 7) is 5.97. The van der Waals surface area contributed by atoms with E-state index in [2.05, 4.69) is 46.8 Å². The number of rotatable bonds is 5. The maximum Gasteiger partial charge on any atom is 0.272 e. The Balaban J connectivity index is 0.00000208. The molecule has 1 aliphatic heterocycles. The first-order chi connectivity index (χ1) is 11.1. The molecular weight excluding hydrogens is 324 g/mol. The first-order valence-electron chi connectivity index (χ1n) is 8.27. The van der Waals surface area contributed by atoms with E-state index in [1.54, 1.807) is 0 Å². The highest BCUT2D eigenvalue weighted by atomic mass is 35.5. The number of halogens is 1. The molecular formula is C18H25ClN4O. The second kappa shape index (κ2) is 8.31. The lowest BCUT2D eigenvalue weighted by atomic mass is 9.96. The maximum absolute atomic E-state index is 12.7. The first kappa shape index (κ1) is 18.5. The van der Waals surface area contributed by atoms with Crippen molar-refractivity contribution in [2.45, 2.75) is 39.3 Å². The number of H-pyrrole nitrogens is 1. The standard InChI is InChI=1S/C18H24N4O.ClH/c1-12(2)10-16(13-6-4-3-5-7-13)20-18(23)17-14-11-19-9-8-15(14)21-22-17;/h3-7,12,16,19H,8-11H2,1-2H3,(H,20,23)(H,21,22);1H. The van der Waals surface area contributed by atoms with Crippen LogP contribution in [0.15, 0.2) is 30.3 Å². The van der Waals surface area contributed by atoms with E-state index in [1.807, 2.05) is 18.2 Å². The van der Waals surface area contributed by atoms with E-state index in [0.29, 0.717) is 18.2 Å². The van der Waals surface area contributed by atoms with E-state index in [1.165, 1.54) is 0 Å². The van der Waals surface area contributed by atoms with Crippen molar-refractivity contribution in [1.29, 1.82) is 0 Å². The molecule has 2 aromatic rings. The van der Waals surface area contributed by atoms with Gasteiger partial charge in [-0.05, 0) is 17.9 Å². The van der Waals surface area contributed by atoms with Crippen molar-refractivity contribution in [3.05, 3.63) is 52.8 Å². The van der Waals surface area contributed by atoms with Gasteiger partial charge in [0.25, 0.3) is 5.91 Å². The van der Waals surface area contributed by atoms with E-state index >= 15 is 0 Å². The molecule has 1 aromatic heterocycles. The molecule has 0 spiro atoms. The Kier molecular flexibility index (Phi) is 6.40. The summed E-state index contributed by atoms with van der Waals surface area (Å²) in [7, 11) is 0. The molecule has 6 heteroatoms. The third-order valence-corrected chi connectivity index (χ3v) is 4.24. The second-order valence-corrected chi connectivity index (χ2v) is 6.52. The summed E-state index contributed by atoms with van der Waals surface area (Å²) < 4.78 is 0. The quantitative estimate of drug-likeness (QED) is 0.778. The molecule has 2 heterocycles. The molecule has 1 amide bonds. The average Bonchev–Trinajstić information content (AvgIpc) is 2.99. The number of nitrogens with one attached hydrogen (secondary N) is 3. The molecule has 3 rings (SSSR count). The zero-order chi connectivity index (χ0) is 16.2. The van der Waals surface area contributed by atoms with Crippen molar-refractivity contribution in [2.24, 2.45) is 5.92 Å². The van der Waals surface area contributed by atoms with Gasteiger partial charge in [0.05, 0.1) is 6.04 Å². The van der Waals surface area contributed by atoms with E-state index in [0.717, 1.165) is 36.2 Å². The van der Waals surface area contributed by atoms with Crippen LogP contribution in [0.5, 0.6) is 0 Å². The van der Waals surface area contributed by atoms with Crippen molar-refractivity contribution in [1.82, 2.24) is 20.8 Å². The molecule has 0 fully saturated rings. The minimum Gasteiger partial charge on any atom is -0.344 e. The Morgan fingerprint density at radius 2 is 2.04 bits per heavy atom. The van der Waals surface area contributed by atoms with Crippen LogP contribution in [0.2, 0.25) is 0 Å². The Morgan fingerprint density at radius 1 is 1.29 bits per heavy atom. The summed E-state index contributed by atoms with van der Waals surface area (Å²) in [4.78, 5) is 12.7. The van der Waals surface area contributed by atoms with Crippen LogP contribution in [0.3, 0.4) is 0 Å². The van der Waals surface area contributed by atoms with Crippen molar-refractivity contribution >= 4 is 18.3 Å². The van der Waals surface area contributed by atoms with Gasteiger partial charge >= 0.3 is 0 Å². The van der Waals surface area contributed by atoms with Crippen LogP contribution in [0, 0.1) is 5.92 Å². The van der Waals surface area contributed by atoms with Crippen LogP contribution >= 0.6 is 12.4 Å². The zero-order valence-electron chi connectivity index (χ0n) is 14.1. The van der Waals surface area contributed by atoms with Gasteiger partial charge in [0, 0.05) is 30.8 Å². The fourth-order valence-corrected chi connectivity index (χ4v) is 3.07. The van der Waals surface area contributed by atoms with Crippen molar-refractivity contribution in [2.75, 3.05) is 6.54 Å². The van der Waals surface area contributed by atoms with Gasteiger partial charge in [-0.1, -0.05) is 44.2 Å². The second-order valence-electron chi connectivity index (χ2n) is 6.52. The van der Waals surface area contributed by atoms with E-state index in [9.17, 15) is 4.79 Å². The van der Waals surface area contributed by atoms with Gasteiger partial charge < -0.3 is 10.6 Å². The van der Waals surface area contributed by atoms with Crippen LogP contribution in [-0.2, 0) is 13.0 Å². The molecule has 0 bridgehead atoms. The Bertz CT molecular complexity index is 669. The van der Waals surface area contributed by atoms with Gasteiger partial charge in [0.2, 0.25) is 0 Å². The molecule has 0 saturated carbocycles. The van der Waals surface area contributed by atoms with Gasteiger partial charge in [0.15, 0.2) is 5.69 Å². The highest BCUT2D eigenvalue weighted by Crippen LogP contribution is 2.22. The summed E-state index contributed by atoms with van der Waals surface area (Å²) in [5.41, 5.74) is 3.74. The zero-order valence-corrected chi connectivity index (χ0v) is 15.0. The fourth-order valence-electron chi connectivity index (χ4n) is 3.07. The lowest BCUT2D eigenvalue weighted by molar-refractivity contribution is 0.0925. The number of aromatic nitrogens is 2. The number of aromatic amines is 1. The summed E-state index contributed by atoms with van der Waals surface area (Å²) in [5, 5.41) is 13.7. The predicted octanol–water partition coefficient (Wildman–Crippen LogP) is 2.99. The third-order valence-electron chi connectivity index (χ3n) is 4.24. The smallest absolute Gasteiger partial charge is 0.272 e. The normalized spacial score (nSPS) is 14.6. The number of hydrogen-bond acceptors (Lipinski definition) is 3. The third kappa shape index (κ3) is 4.16. The highest BCUT2D eigenvalue weighted by Gasteiger charge is 2.24. The average molecular weight is 349 g/mol.